The van der Waals surface area contributed by atoms with Crippen molar-refractivity contribution in [3.8, 4) is 0 Å². The second kappa shape index (κ2) is 7.86. The Kier molecular flexibility index (Phi) is 5.73. The Balaban J connectivity index is 1.58. The van der Waals surface area contributed by atoms with Crippen LogP contribution in [0.15, 0.2) is 35.5 Å². The van der Waals surface area contributed by atoms with Crippen molar-refractivity contribution in [3.05, 3.63) is 35.5 Å². The summed E-state index contributed by atoms with van der Waals surface area (Å²) in [6.45, 7) is 12.1. The van der Waals surface area contributed by atoms with Gasteiger partial charge in [-0.15, -0.1) is 0 Å². The number of carbonyl (C=O) groups excluding carboxylic acids is 1. The largest absolute Gasteiger partial charge is 0.295 e. The molecule has 4 rings (SSSR count). The molecule has 0 amide bonds. The fourth-order valence-corrected chi connectivity index (χ4v) is 8.01. The van der Waals surface area contributed by atoms with E-state index >= 15 is 0 Å². The van der Waals surface area contributed by atoms with E-state index in [2.05, 4.69) is 52.8 Å². The number of rotatable bonds is 4. The van der Waals surface area contributed by atoms with Crippen molar-refractivity contribution >= 4 is 5.78 Å². The molecular formula is C28H42O. The van der Waals surface area contributed by atoms with Gasteiger partial charge in [0.15, 0.2) is 5.78 Å². The molecule has 0 N–H and O–H groups in total. The van der Waals surface area contributed by atoms with E-state index in [4.69, 9.17) is 0 Å². The van der Waals surface area contributed by atoms with Crippen LogP contribution < -0.4 is 0 Å². The summed E-state index contributed by atoms with van der Waals surface area (Å²) in [5.74, 6) is 4.32. The first-order valence-electron chi connectivity index (χ1n) is 12.3. The van der Waals surface area contributed by atoms with Gasteiger partial charge in [-0.25, -0.2) is 0 Å². The molecule has 0 saturated heterocycles. The molecule has 2 fully saturated rings. The van der Waals surface area contributed by atoms with E-state index in [0.717, 1.165) is 42.4 Å². The van der Waals surface area contributed by atoms with Gasteiger partial charge in [-0.1, -0.05) is 51.0 Å². The Labute approximate surface area is 179 Å². The molecule has 0 bridgehead atoms. The van der Waals surface area contributed by atoms with Crippen LogP contribution in [0.4, 0.5) is 0 Å². The number of hydrogen-bond acceptors (Lipinski definition) is 1. The zero-order valence-corrected chi connectivity index (χ0v) is 19.5. The smallest absolute Gasteiger partial charge is 0.156 e. The predicted molar refractivity (Wildman–Crippen MR) is 123 cm³/mol. The SMILES string of the molecule is CC(C)=CCC[C@@H](C)[C@H]1CCC[C@H]2C3C=CC4=CC(=O)CCC4(C)[C@H]3CC[C@]12C. The summed E-state index contributed by atoms with van der Waals surface area (Å²) in [6.07, 6.45) is 20.7. The number of carbonyl (C=O) groups is 1. The van der Waals surface area contributed by atoms with Crippen LogP contribution in [0, 0.1) is 40.4 Å². The number of ketones is 1. The van der Waals surface area contributed by atoms with Crippen molar-refractivity contribution in [3.63, 3.8) is 0 Å². The molecule has 1 nitrogen and oxygen atoms in total. The van der Waals surface area contributed by atoms with E-state index < -0.39 is 0 Å². The van der Waals surface area contributed by atoms with Crippen LogP contribution in [-0.2, 0) is 4.79 Å². The highest BCUT2D eigenvalue weighted by Gasteiger charge is 2.56. The first-order chi connectivity index (χ1) is 13.8. The zero-order chi connectivity index (χ0) is 20.8. The van der Waals surface area contributed by atoms with Crippen LogP contribution >= 0.6 is 0 Å². The summed E-state index contributed by atoms with van der Waals surface area (Å²) < 4.78 is 0. The molecule has 0 spiro atoms. The van der Waals surface area contributed by atoms with Gasteiger partial charge in [-0.3, -0.25) is 4.79 Å². The molecule has 7 atom stereocenters. The molecule has 0 aromatic heterocycles. The van der Waals surface area contributed by atoms with Gasteiger partial charge < -0.3 is 0 Å². The molecule has 160 valence electrons. The summed E-state index contributed by atoms with van der Waals surface area (Å²) >= 11 is 0. The molecule has 0 aromatic carbocycles. The van der Waals surface area contributed by atoms with Gasteiger partial charge in [0, 0.05) is 6.42 Å². The lowest BCUT2D eigenvalue weighted by atomic mass is 9.43. The third-order valence-corrected chi connectivity index (χ3v) is 9.69. The number of allylic oxidation sites excluding steroid dienone is 6. The predicted octanol–water partition coefficient (Wildman–Crippen LogP) is 7.68. The fraction of sp³-hybridized carbons (Fsp3) is 0.750. The highest BCUT2D eigenvalue weighted by Crippen LogP contribution is 2.65. The minimum absolute atomic E-state index is 0.233. The normalized spacial score (nSPS) is 42.2. The van der Waals surface area contributed by atoms with Crippen LogP contribution in [0.2, 0.25) is 0 Å². The molecule has 29 heavy (non-hydrogen) atoms. The second-order valence-electron chi connectivity index (χ2n) is 11.6. The standard InChI is InChI=1S/C28H42O/c1-19(2)8-6-9-20(3)24-10-7-11-25-23-13-12-21-18-22(29)14-16-27(21,4)26(23)15-17-28(24,25)5/h8,12-13,18,20,23-26H,6-7,9-11,14-17H2,1-5H3/t20-,23?,24-,25+,26+,27?,28-/m1/s1. The van der Waals surface area contributed by atoms with E-state index in [1.54, 1.807) is 0 Å². The molecule has 0 aliphatic heterocycles. The van der Waals surface area contributed by atoms with Gasteiger partial charge in [0.2, 0.25) is 0 Å². The average molecular weight is 395 g/mol. The highest BCUT2D eigenvalue weighted by atomic mass is 16.1. The maximum Gasteiger partial charge on any atom is 0.156 e. The molecule has 0 radical (unpaired) electrons. The lowest BCUT2D eigenvalue weighted by molar-refractivity contribution is -0.117. The quantitative estimate of drug-likeness (QED) is 0.447. The summed E-state index contributed by atoms with van der Waals surface area (Å²) in [7, 11) is 0. The minimum Gasteiger partial charge on any atom is -0.295 e. The molecule has 0 heterocycles. The Morgan fingerprint density at radius 2 is 1.97 bits per heavy atom. The Morgan fingerprint density at radius 3 is 2.72 bits per heavy atom. The van der Waals surface area contributed by atoms with Crippen molar-refractivity contribution in [2.45, 2.75) is 92.4 Å². The van der Waals surface area contributed by atoms with Gasteiger partial charge in [0.05, 0.1) is 0 Å². The summed E-state index contributed by atoms with van der Waals surface area (Å²) in [5.41, 5.74) is 3.52. The molecule has 0 aromatic rings. The maximum atomic E-state index is 12.0. The van der Waals surface area contributed by atoms with Crippen LogP contribution in [-0.4, -0.2) is 5.78 Å². The van der Waals surface area contributed by atoms with Crippen molar-refractivity contribution < 1.29 is 4.79 Å². The third kappa shape index (κ3) is 3.61. The van der Waals surface area contributed by atoms with E-state index in [0.29, 0.717) is 11.2 Å². The van der Waals surface area contributed by atoms with Crippen LogP contribution in [0.3, 0.4) is 0 Å². The molecule has 4 aliphatic rings. The van der Waals surface area contributed by atoms with Gasteiger partial charge in [-0.2, -0.15) is 0 Å². The number of fused-ring (bicyclic) bond motifs is 5. The van der Waals surface area contributed by atoms with Gasteiger partial charge in [-0.05, 0) is 111 Å². The van der Waals surface area contributed by atoms with Crippen molar-refractivity contribution in [1.82, 2.24) is 0 Å². The molecule has 1 heteroatoms. The second-order valence-corrected chi connectivity index (χ2v) is 11.6. The maximum absolute atomic E-state index is 12.0. The lowest BCUT2D eigenvalue weighted by Gasteiger charge is -2.61. The Bertz CT molecular complexity index is 735. The van der Waals surface area contributed by atoms with Gasteiger partial charge in [0.1, 0.15) is 0 Å². The van der Waals surface area contributed by atoms with E-state index in [1.165, 1.54) is 56.1 Å². The third-order valence-electron chi connectivity index (χ3n) is 9.69. The van der Waals surface area contributed by atoms with Gasteiger partial charge in [0.25, 0.3) is 0 Å². The van der Waals surface area contributed by atoms with E-state index in [-0.39, 0.29) is 5.41 Å². The van der Waals surface area contributed by atoms with Gasteiger partial charge >= 0.3 is 0 Å². The monoisotopic (exact) mass is 394 g/mol. The Morgan fingerprint density at radius 1 is 1.17 bits per heavy atom. The first-order valence-corrected chi connectivity index (χ1v) is 12.3. The van der Waals surface area contributed by atoms with Crippen LogP contribution in [0.25, 0.3) is 0 Å². The van der Waals surface area contributed by atoms with Crippen molar-refractivity contribution in [2.75, 3.05) is 0 Å². The van der Waals surface area contributed by atoms with E-state index in [1.807, 2.05) is 6.08 Å². The van der Waals surface area contributed by atoms with E-state index in [9.17, 15) is 4.79 Å². The summed E-state index contributed by atoms with van der Waals surface area (Å²) in [4.78, 5) is 12.0. The molecule has 2 saturated carbocycles. The van der Waals surface area contributed by atoms with Crippen LogP contribution in [0.1, 0.15) is 92.4 Å². The number of hydrogen-bond donors (Lipinski definition) is 0. The molecular weight excluding hydrogens is 352 g/mol. The lowest BCUT2D eigenvalue weighted by Crippen LogP contribution is -2.53. The summed E-state index contributed by atoms with van der Waals surface area (Å²) in [5, 5.41) is 0. The Hall–Kier alpha value is -1.11. The minimum atomic E-state index is 0.233. The molecule has 4 aliphatic carbocycles. The van der Waals surface area contributed by atoms with Crippen molar-refractivity contribution in [1.29, 1.82) is 0 Å². The zero-order valence-electron chi connectivity index (χ0n) is 19.5. The average Bonchev–Trinajstić information content (AvgIpc) is 2.67. The highest BCUT2D eigenvalue weighted by molar-refractivity contribution is 5.92. The van der Waals surface area contributed by atoms with Crippen LogP contribution in [0.5, 0.6) is 0 Å². The topological polar surface area (TPSA) is 17.1 Å². The molecule has 2 unspecified atom stereocenters. The summed E-state index contributed by atoms with van der Waals surface area (Å²) in [6, 6.07) is 0. The fourth-order valence-electron chi connectivity index (χ4n) is 8.01. The first kappa shape index (κ1) is 21.1. The van der Waals surface area contributed by atoms with Crippen molar-refractivity contribution in [2.24, 2.45) is 40.4 Å².